The summed E-state index contributed by atoms with van der Waals surface area (Å²) in [6, 6.07) is 14.7. The standard InChI is InChI=1S/C18H18N4OS/c19-16(23)10-22-17(13-8-9-13)20-21-18(22)24-11-14-6-3-5-12-4-1-2-7-15(12)14/h1-7,13H,8-11H2,(H2,19,23). The third kappa shape index (κ3) is 3.01. The molecular formula is C18H18N4OS. The van der Waals surface area contributed by atoms with Gasteiger partial charge in [0.05, 0.1) is 0 Å². The average Bonchev–Trinajstić information content (AvgIpc) is 3.35. The minimum atomic E-state index is -0.358. The minimum Gasteiger partial charge on any atom is -0.368 e. The molecule has 1 fully saturated rings. The normalized spacial score (nSPS) is 14.2. The third-order valence-corrected chi connectivity index (χ3v) is 5.25. The zero-order valence-electron chi connectivity index (χ0n) is 13.2. The van der Waals surface area contributed by atoms with Crippen LogP contribution in [-0.2, 0) is 17.1 Å². The first-order valence-corrected chi connectivity index (χ1v) is 9.02. The highest BCUT2D eigenvalue weighted by Crippen LogP contribution is 2.40. The number of thioether (sulfide) groups is 1. The molecule has 5 nitrogen and oxygen atoms in total. The van der Waals surface area contributed by atoms with Crippen LogP contribution in [0.2, 0.25) is 0 Å². The molecule has 6 heteroatoms. The van der Waals surface area contributed by atoms with Gasteiger partial charge in [-0.25, -0.2) is 0 Å². The second kappa shape index (κ2) is 6.28. The van der Waals surface area contributed by atoms with Crippen LogP contribution in [0.4, 0.5) is 0 Å². The first kappa shape index (κ1) is 15.2. The van der Waals surface area contributed by atoms with Gasteiger partial charge in [0.15, 0.2) is 5.16 Å². The van der Waals surface area contributed by atoms with Gasteiger partial charge < -0.3 is 5.73 Å². The van der Waals surface area contributed by atoms with Crippen molar-refractivity contribution in [3.05, 3.63) is 53.9 Å². The molecule has 2 aromatic carbocycles. The van der Waals surface area contributed by atoms with Crippen LogP contribution in [0, 0.1) is 0 Å². The fourth-order valence-electron chi connectivity index (χ4n) is 2.92. The maximum atomic E-state index is 11.4. The van der Waals surface area contributed by atoms with Crippen LogP contribution >= 0.6 is 11.8 Å². The lowest BCUT2D eigenvalue weighted by molar-refractivity contribution is -0.118. The highest BCUT2D eigenvalue weighted by molar-refractivity contribution is 7.98. The van der Waals surface area contributed by atoms with Crippen molar-refractivity contribution in [1.29, 1.82) is 0 Å². The van der Waals surface area contributed by atoms with Crippen LogP contribution in [0.5, 0.6) is 0 Å². The van der Waals surface area contributed by atoms with E-state index < -0.39 is 0 Å². The van der Waals surface area contributed by atoms with Crippen molar-refractivity contribution < 1.29 is 4.79 Å². The molecular weight excluding hydrogens is 320 g/mol. The van der Waals surface area contributed by atoms with Gasteiger partial charge in [-0.15, -0.1) is 10.2 Å². The number of benzene rings is 2. The molecule has 24 heavy (non-hydrogen) atoms. The molecule has 0 spiro atoms. The van der Waals surface area contributed by atoms with E-state index in [0.29, 0.717) is 5.92 Å². The Morgan fingerprint density at radius 1 is 1.17 bits per heavy atom. The van der Waals surface area contributed by atoms with Crippen molar-refractivity contribution in [2.24, 2.45) is 5.73 Å². The van der Waals surface area contributed by atoms with E-state index in [0.717, 1.165) is 29.6 Å². The van der Waals surface area contributed by atoms with Gasteiger partial charge in [-0.1, -0.05) is 54.2 Å². The van der Waals surface area contributed by atoms with Crippen LogP contribution in [-0.4, -0.2) is 20.7 Å². The number of hydrogen-bond donors (Lipinski definition) is 1. The van der Waals surface area contributed by atoms with Gasteiger partial charge >= 0.3 is 0 Å². The summed E-state index contributed by atoms with van der Waals surface area (Å²) >= 11 is 1.60. The van der Waals surface area contributed by atoms with Gasteiger partial charge in [0.2, 0.25) is 5.91 Å². The molecule has 1 aliphatic carbocycles. The van der Waals surface area contributed by atoms with Gasteiger partial charge in [-0.3, -0.25) is 9.36 Å². The summed E-state index contributed by atoms with van der Waals surface area (Å²) in [5.74, 6) is 1.75. The number of primary amides is 1. The van der Waals surface area contributed by atoms with Gasteiger partial charge in [0.25, 0.3) is 0 Å². The molecule has 2 N–H and O–H groups in total. The van der Waals surface area contributed by atoms with Crippen LogP contribution < -0.4 is 5.73 Å². The molecule has 4 rings (SSSR count). The minimum absolute atomic E-state index is 0.150. The first-order valence-electron chi connectivity index (χ1n) is 8.03. The zero-order valence-corrected chi connectivity index (χ0v) is 14.0. The van der Waals surface area contributed by atoms with Crippen LogP contribution in [0.3, 0.4) is 0 Å². The van der Waals surface area contributed by atoms with E-state index in [4.69, 9.17) is 5.73 Å². The second-order valence-corrected chi connectivity index (χ2v) is 7.04. The van der Waals surface area contributed by atoms with Gasteiger partial charge in [-0.2, -0.15) is 0 Å². The lowest BCUT2D eigenvalue weighted by Crippen LogP contribution is -2.20. The Hall–Kier alpha value is -2.34. The number of carbonyl (C=O) groups excluding carboxylic acids is 1. The number of nitrogens with two attached hydrogens (primary N) is 1. The Balaban J connectivity index is 1.60. The Bertz CT molecular complexity index is 896. The summed E-state index contributed by atoms with van der Waals surface area (Å²) < 4.78 is 1.88. The largest absolute Gasteiger partial charge is 0.368 e. The summed E-state index contributed by atoms with van der Waals surface area (Å²) in [5.41, 5.74) is 6.65. The van der Waals surface area contributed by atoms with E-state index in [2.05, 4.69) is 46.6 Å². The molecule has 1 heterocycles. The van der Waals surface area contributed by atoms with Gasteiger partial charge in [0.1, 0.15) is 12.4 Å². The van der Waals surface area contributed by atoms with Crippen molar-refractivity contribution in [3.8, 4) is 0 Å². The van der Waals surface area contributed by atoms with Gasteiger partial charge in [-0.05, 0) is 29.2 Å². The maximum absolute atomic E-state index is 11.4. The van der Waals surface area contributed by atoms with Crippen LogP contribution in [0.15, 0.2) is 47.6 Å². The lowest BCUT2D eigenvalue weighted by Gasteiger charge is -2.09. The van der Waals surface area contributed by atoms with E-state index in [9.17, 15) is 4.79 Å². The van der Waals surface area contributed by atoms with E-state index in [-0.39, 0.29) is 12.5 Å². The Morgan fingerprint density at radius 2 is 1.96 bits per heavy atom. The molecule has 3 aromatic rings. The summed E-state index contributed by atoms with van der Waals surface area (Å²) in [6.07, 6.45) is 2.23. The van der Waals surface area contributed by atoms with Crippen LogP contribution in [0.1, 0.15) is 30.1 Å². The third-order valence-electron chi connectivity index (χ3n) is 4.24. The predicted octanol–water partition coefficient (Wildman–Crippen LogP) is 3.09. The summed E-state index contributed by atoms with van der Waals surface area (Å²) in [5, 5.41) is 11.8. The molecule has 122 valence electrons. The average molecular weight is 338 g/mol. The number of carbonyl (C=O) groups is 1. The first-order chi connectivity index (χ1) is 11.7. The Morgan fingerprint density at radius 3 is 2.75 bits per heavy atom. The van der Waals surface area contributed by atoms with Crippen molar-refractivity contribution in [1.82, 2.24) is 14.8 Å². The Kier molecular flexibility index (Phi) is 3.98. The molecule has 1 saturated carbocycles. The quantitative estimate of drug-likeness (QED) is 0.701. The van der Waals surface area contributed by atoms with E-state index in [1.54, 1.807) is 11.8 Å². The summed E-state index contributed by atoms with van der Waals surface area (Å²) in [4.78, 5) is 11.4. The topological polar surface area (TPSA) is 73.8 Å². The predicted molar refractivity (Wildman–Crippen MR) is 94.7 cm³/mol. The highest BCUT2D eigenvalue weighted by atomic mass is 32.2. The SMILES string of the molecule is NC(=O)Cn1c(SCc2cccc3ccccc23)nnc1C1CC1. The smallest absolute Gasteiger partial charge is 0.237 e. The lowest BCUT2D eigenvalue weighted by atomic mass is 10.1. The van der Waals surface area contributed by atoms with Crippen molar-refractivity contribution in [3.63, 3.8) is 0 Å². The van der Waals surface area contributed by atoms with E-state index in [1.165, 1.54) is 16.3 Å². The number of nitrogens with zero attached hydrogens (tertiary/aromatic N) is 3. The highest BCUT2D eigenvalue weighted by Gasteiger charge is 2.30. The fraction of sp³-hybridized carbons (Fsp3) is 0.278. The molecule has 1 amide bonds. The Labute approximate surface area is 144 Å². The van der Waals surface area contributed by atoms with Crippen molar-refractivity contribution in [2.75, 3.05) is 0 Å². The molecule has 0 radical (unpaired) electrons. The molecule has 1 aliphatic rings. The molecule has 1 aromatic heterocycles. The van der Waals surface area contributed by atoms with Crippen molar-refractivity contribution in [2.45, 2.75) is 36.2 Å². The molecule has 0 atom stereocenters. The van der Waals surface area contributed by atoms with Crippen molar-refractivity contribution >= 4 is 28.4 Å². The number of amides is 1. The van der Waals surface area contributed by atoms with E-state index in [1.807, 2.05) is 10.6 Å². The van der Waals surface area contributed by atoms with Crippen LogP contribution in [0.25, 0.3) is 10.8 Å². The number of rotatable bonds is 6. The second-order valence-electron chi connectivity index (χ2n) is 6.09. The molecule has 0 bridgehead atoms. The van der Waals surface area contributed by atoms with Gasteiger partial charge in [0, 0.05) is 11.7 Å². The zero-order chi connectivity index (χ0) is 16.5. The molecule has 0 saturated heterocycles. The molecule has 0 aliphatic heterocycles. The number of hydrogen-bond acceptors (Lipinski definition) is 4. The maximum Gasteiger partial charge on any atom is 0.237 e. The summed E-state index contributed by atoms with van der Waals surface area (Å²) in [6.45, 7) is 0.150. The number of aromatic nitrogens is 3. The number of fused-ring (bicyclic) bond motifs is 1. The summed E-state index contributed by atoms with van der Waals surface area (Å²) in [7, 11) is 0. The molecule has 0 unspecified atom stereocenters. The monoisotopic (exact) mass is 338 g/mol. The van der Waals surface area contributed by atoms with E-state index >= 15 is 0 Å². The fourth-order valence-corrected chi connectivity index (χ4v) is 3.86.